The molecule has 2 aromatic rings. The lowest BCUT2D eigenvalue weighted by atomic mass is 10.1. The number of phenolic OH excluding ortho intramolecular Hbond substituents is 1. The monoisotopic (exact) mass is 354 g/mol. The van der Waals surface area contributed by atoms with Gasteiger partial charge in [0.25, 0.3) is 5.91 Å². The van der Waals surface area contributed by atoms with Gasteiger partial charge in [-0.1, -0.05) is 0 Å². The van der Waals surface area contributed by atoms with Crippen LogP contribution in [0.15, 0.2) is 42.0 Å². The lowest BCUT2D eigenvalue weighted by molar-refractivity contribution is -0.112. The fraction of sp³-hybridized carbons (Fsp3) is 0.158. The Morgan fingerprint density at radius 1 is 1.08 bits per heavy atom. The fourth-order valence-electron chi connectivity index (χ4n) is 2.24. The smallest absolute Gasteiger partial charge is 0.266 e. The third-order valence-corrected chi connectivity index (χ3v) is 3.49. The molecule has 0 unspecified atom stereocenters. The molecule has 2 rings (SSSR count). The molecule has 0 fully saturated rings. The first-order chi connectivity index (χ1) is 12.5. The van der Waals surface area contributed by atoms with E-state index in [1.54, 1.807) is 12.1 Å². The molecule has 0 heterocycles. The second kappa shape index (κ2) is 8.44. The van der Waals surface area contributed by atoms with Crippen LogP contribution in [0, 0.1) is 11.3 Å². The van der Waals surface area contributed by atoms with Gasteiger partial charge in [-0.15, -0.1) is 0 Å². The summed E-state index contributed by atoms with van der Waals surface area (Å²) in [7, 11) is 4.45. The average Bonchev–Trinajstić information content (AvgIpc) is 2.66. The van der Waals surface area contributed by atoms with E-state index in [1.165, 1.54) is 51.7 Å². The summed E-state index contributed by atoms with van der Waals surface area (Å²) >= 11 is 0. The van der Waals surface area contributed by atoms with Crippen LogP contribution in [0.2, 0.25) is 0 Å². The molecule has 2 N–H and O–H groups in total. The van der Waals surface area contributed by atoms with Gasteiger partial charge in [0.15, 0.2) is 11.5 Å². The van der Waals surface area contributed by atoms with Crippen molar-refractivity contribution in [2.24, 2.45) is 0 Å². The molecular formula is C19H18N2O5. The quantitative estimate of drug-likeness (QED) is 0.470. The van der Waals surface area contributed by atoms with Crippen LogP contribution in [0.5, 0.6) is 23.0 Å². The Bertz CT molecular complexity index is 841. The number of hydrogen-bond donors (Lipinski definition) is 2. The number of carbonyl (C=O) groups excluding carboxylic acids is 1. The summed E-state index contributed by atoms with van der Waals surface area (Å²) in [6.07, 6.45) is 1.42. The van der Waals surface area contributed by atoms with E-state index in [1.807, 2.05) is 6.07 Å². The van der Waals surface area contributed by atoms with Crippen molar-refractivity contribution >= 4 is 17.7 Å². The van der Waals surface area contributed by atoms with Crippen LogP contribution < -0.4 is 19.5 Å². The van der Waals surface area contributed by atoms with Crippen LogP contribution in [-0.2, 0) is 4.79 Å². The van der Waals surface area contributed by atoms with Gasteiger partial charge in [-0.2, -0.15) is 5.26 Å². The van der Waals surface area contributed by atoms with E-state index < -0.39 is 5.91 Å². The van der Waals surface area contributed by atoms with Crippen molar-refractivity contribution in [2.45, 2.75) is 0 Å². The Hall–Kier alpha value is -3.66. The maximum Gasteiger partial charge on any atom is 0.266 e. The van der Waals surface area contributed by atoms with Gasteiger partial charge < -0.3 is 24.6 Å². The lowest BCUT2D eigenvalue weighted by Gasteiger charge is -2.13. The number of nitrogens with zero attached hydrogens (tertiary/aromatic N) is 1. The number of carbonyl (C=O) groups is 1. The van der Waals surface area contributed by atoms with Crippen molar-refractivity contribution in [1.29, 1.82) is 5.26 Å². The number of phenols is 1. The van der Waals surface area contributed by atoms with Crippen LogP contribution in [-0.4, -0.2) is 32.3 Å². The molecule has 0 aliphatic heterocycles. The van der Waals surface area contributed by atoms with E-state index in [4.69, 9.17) is 14.2 Å². The van der Waals surface area contributed by atoms with Gasteiger partial charge in [0, 0.05) is 5.69 Å². The minimum atomic E-state index is -0.577. The number of aromatic hydroxyl groups is 1. The fourth-order valence-corrected chi connectivity index (χ4v) is 2.24. The van der Waals surface area contributed by atoms with Gasteiger partial charge in [-0.3, -0.25) is 4.79 Å². The molecule has 26 heavy (non-hydrogen) atoms. The molecule has 0 bridgehead atoms. The summed E-state index contributed by atoms with van der Waals surface area (Å²) in [5.41, 5.74) is 0.892. The van der Waals surface area contributed by atoms with Crippen molar-refractivity contribution in [1.82, 2.24) is 0 Å². The molecule has 7 heteroatoms. The highest BCUT2D eigenvalue weighted by Crippen LogP contribution is 2.38. The number of rotatable bonds is 6. The Morgan fingerprint density at radius 2 is 1.65 bits per heavy atom. The zero-order valence-electron chi connectivity index (χ0n) is 14.6. The Kier molecular flexibility index (Phi) is 6.06. The SMILES string of the molecule is COc1cc(/C=C(\C#N)C(=O)Nc2ccc(O)cc2)cc(OC)c1OC. The molecule has 0 saturated carbocycles. The van der Waals surface area contributed by atoms with Gasteiger partial charge in [0.05, 0.1) is 21.3 Å². The summed E-state index contributed by atoms with van der Waals surface area (Å²) in [5.74, 6) is 0.742. The van der Waals surface area contributed by atoms with Crippen LogP contribution in [0.25, 0.3) is 6.08 Å². The molecule has 0 aliphatic rings. The van der Waals surface area contributed by atoms with Crippen molar-refractivity contribution in [3.05, 3.63) is 47.5 Å². The summed E-state index contributed by atoms with van der Waals surface area (Å²) < 4.78 is 15.8. The van der Waals surface area contributed by atoms with Crippen molar-refractivity contribution in [2.75, 3.05) is 26.6 Å². The standard InChI is InChI=1S/C19H18N2O5/c1-24-16-9-12(10-17(25-2)18(16)26-3)8-13(11-20)19(23)21-14-4-6-15(22)7-5-14/h4-10,22H,1-3H3,(H,21,23)/b13-8+. The lowest BCUT2D eigenvalue weighted by Crippen LogP contribution is -2.13. The second-order valence-corrected chi connectivity index (χ2v) is 5.13. The largest absolute Gasteiger partial charge is 0.508 e. The van der Waals surface area contributed by atoms with Gasteiger partial charge in [-0.25, -0.2) is 0 Å². The third-order valence-electron chi connectivity index (χ3n) is 3.49. The first-order valence-corrected chi connectivity index (χ1v) is 7.54. The highest BCUT2D eigenvalue weighted by molar-refractivity contribution is 6.09. The molecule has 2 aromatic carbocycles. The van der Waals surface area contributed by atoms with Gasteiger partial charge in [0.2, 0.25) is 5.75 Å². The van der Waals surface area contributed by atoms with Crippen LogP contribution in [0.1, 0.15) is 5.56 Å². The van der Waals surface area contributed by atoms with Crippen molar-refractivity contribution in [3.8, 4) is 29.1 Å². The molecule has 0 spiro atoms. The Morgan fingerprint density at radius 3 is 2.12 bits per heavy atom. The second-order valence-electron chi connectivity index (χ2n) is 5.13. The zero-order valence-corrected chi connectivity index (χ0v) is 14.6. The molecular weight excluding hydrogens is 336 g/mol. The number of hydrogen-bond acceptors (Lipinski definition) is 6. The first-order valence-electron chi connectivity index (χ1n) is 7.54. The van der Waals surface area contributed by atoms with Crippen molar-refractivity contribution in [3.63, 3.8) is 0 Å². The van der Waals surface area contributed by atoms with E-state index in [0.29, 0.717) is 28.5 Å². The topological polar surface area (TPSA) is 101 Å². The molecule has 134 valence electrons. The van der Waals surface area contributed by atoms with Gasteiger partial charge in [-0.05, 0) is 48.0 Å². The number of benzene rings is 2. The molecule has 0 aliphatic carbocycles. The van der Waals surface area contributed by atoms with Crippen molar-refractivity contribution < 1.29 is 24.1 Å². The number of methoxy groups -OCH3 is 3. The van der Waals surface area contributed by atoms with E-state index >= 15 is 0 Å². The van der Waals surface area contributed by atoms with Crippen LogP contribution in [0.3, 0.4) is 0 Å². The summed E-state index contributed by atoms with van der Waals surface area (Å²) in [4.78, 5) is 12.3. The minimum absolute atomic E-state index is 0.0801. The third kappa shape index (κ3) is 4.24. The number of amides is 1. The van der Waals surface area contributed by atoms with E-state index in [-0.39, 0.29) is 11.3 Å². The molecule has 0 atom stereocenters. The maximum atomic E-state index is 12.3. The molecule has 0 saturated heterocycles. The number of anilines is 1. The van der Waals surface area contributed by atoms with E-state index in [9.17, 15) is 15.2 Å². The summed E-state index contributed by atoms with van der Waals surface area (Å²) in [5, 5.41) is 21.2. The number of nitriles is 1. The number of nitrogens with one attached hydrogen (secondary N) is 1. The predicted octanol–water partition coefficient (Wildman–Crippen LogP) is 2.96. The van der Waals surface area contributed by atoms with Gasteiger partial charge >= 0.3 is 0 Å². The van der Waals surface area contributed by atoms with Gasteiger partial charge in [0.1, 0.15) is 17.4 Å². The van der Waals surface area contributed by atoms with E-state index in [2.05, 4.69) is 5.32 Å². The highest BCUT2D eigenvalue weighted by atomic mass is 16.5. The Balaban J connectivity index is 2.34. The molecule has 1 amide bonds. The molecule has 0 aromatic heterocycles. The molecule has 0 radical (unpaired) electrons. The summed E-state index contributed by atoms with van der Waals surface area (Å²) in [6.45, 7) is 0. The number of ether oxygens (including phenoxy) is 3. The predicted molar refractivity (Wildman–Crippen MR) is 96.4 cm³/mol. The van der Waals surface area contributed by atoms with E-state index in [0.717, 1.165) is 0 Å². The minimum Gasteiger partial charge on any atom is -0.508 e. The summed E-state index contributed by atoms with van der Waals surface area (Å²) in [6, 6.07) is 11.1. The zero-order chi connectivity index (χ0) is 19.1. The average molecular weight is 354 g/mol. The van der Waals surface area contributed by atoms with Crippen LogP contribution >= 0.6 is 0 Å². The van der Waals surface area contributed by atoms with Crippen LogP contribution in [0.4, 0.5) is 5.69 Å². The molecule has 7 nitrogen and oxygen atoms in total. The normalized spacial score (nSPS) is 10.6. The Labute approximate surface area is 151 Å². The highest BCUT2D eigenvalue weighted by Gasteiger charge is 2.15. The first kappa shape index (κ1) is 18.7. The maximum absolute atomic E-state index is 12.3.